The predicted molar refractivity (Wildman–Crippen MR) is 86.8 cm³/mol. The Morgan fingerprint density at radius 3 is 2.27 bits per heavy atom. The van der Waals surface area contributed by atoms with E-state index in [1.165, 1.54) is 13.2 Å². The normalized spacial score (nSPS) is 9.45. The smallest absolute Gasteiger partial charge is 0.336 e. The summed E-state index contributed by atoms with van der Waals surface area (Å²) in [6, 6.07) is 12.9. The first-order valence-corrected chi connectivity index (χ1v) is 7.21. The van der Waals surface area contributed by atoms with Crippen molar-refractivity contribution in [2.75, 3.05) is 7.11 Å². The summed E-state index contributed by atoms with van der Waals surface area (Å²) in [7, 11) is 1.50. The zero-order chi connectivity index (χ0) is 16.5. The lowest BCUT2D eigenvalue weighted by molar-refractivity contribution is 0.0695. The van der Waals surface area contributed by atoms with Crippen LogP contribution < -0.4 is 9.47 Å². The van der Waals surface area contributed by atoms with Crippen molar-refractivity contribution in [3.8, 4) is 11.5 Å². The molecule has 0 bridgehead atoms. The van der Waals surface area contributed by atoms with Crippen LogP contribution in [0.2, 0.25) is 0 Å². The van der Waals surface area contributed by atoms with Gasteiger partial charge in [-0.25, -0.2) is 4.79 Å². The maximum Gasteiger partial charge on any atom is 0.336 e. The molecule has 1 N–H and O–H groups in total. The van der Waals surface area contributed by atoms with Crippen molar-refractivity contribution in [1.82, 2.24) is 0 Å². The van der Waals surface area contributed by atoms with E-state index in [1.54, 1.807) is 13.0 Å². The quantitative estimate of drug-likeness (QED) is 0.894. The molecule has 0 amide bonds. The third-order valence-electron chi connectivity index (χ3n) is 3.04. The molecule has 4 heteroatoms. The lowest BCUT2D eigenvalue weighted by Gasteiger charge is -2.14. The number of benzene rings is 2. The molecular formula is C18H22O4. The summed E-state index contributed by atoms with van der Waals surface area (Å²) in [5.74, 6) is 0.0232. The van der Waals surface area contributed by atoms with E-state index < -0.39 is 5.97 Å². The van der Waals surface area contributed by atoms with E-state index in [-0.39, 0.29) is 5.56 Å². The first kappa shape index (κ1) is 17.6. The topological polar surface area (TPSA) is 55.8 Å². The lowest BCUT2D eigenvalue weighted by Crippen LogP contribution is -2.04. The minimum absolute atomic E-state index is 0.217. The highest BCUT2D eigenvalue weighted by Crippen LogP contribution is 2.33. The summed E-state index contributed by atoms with van der Waals surface area (Å²) in [5, 5.41) is 9.09. The third-order valence-corrected chi connectivity index (χ3v) is 3.04. The number of aromatic carboxylic acids is 1. The van der Waals surface area contributed by atoms with Crippen LogP contribution in [0, 0.1) is 6.92 Å². The van der Waals surface area contributed by atoms with Crippen LogP contribution in [0.4, 0.5) is 0 Å². The van der Waals surface area contributed by atoms with E-state index in [9.17, 15) is 4.79 Å². The molecule has 0 saturated carbocycles. The van der Waals surface area contributed by atoms with Crippen LogP contribution in [0.1, 0.15) is 35.3 Å². The van der Waals surface area contributed by atoms with Crippen LogP contribution in [-0.2, 0) is 6.61 Å². The summed E-state index contributed by atoms with van der Waals surface area (Å²) >= 11 is 0. The van der Waals surface area contributed by atoms with Crippen LogP contribution in [0.25, 0.3) is 0 Å². The minimum atomic E-state index is -0.976. The molecule has 0 saturated heterocycles. The Bertz CT molecular complexity index is 606. The van der Waals surface area contributed by atoms with Gasteiger partial charge in [-0.15, -0.1) is 0 Å². The summed E-state index contributed by atoms with van der Waals surface area (Å²) in [6.45, 7) is 6.11. The number of rotatable bonds is 5. The first-order chi connectivity index (χ1) is 10.6. The summed E-state index contributed by atoms with van der Waals surface area (Å²) in [5.41, 5.74) is 1.81. The third kappa shape index (κ3) is 4.25. The Morgan fingerprint density at radius 2 is 1.73 bits per heavy atom. The Balaban J connectivity index is 0.00000116. The lowest BCUT2D eigenvalue weighted by atomic mass is 10.1. The van der Waals surface area contributed by atoms with E-state index in [1.807, 2.05) is 44.2 Å². The van der Waals surface area contributed by atoms with Crippen molar-refractivity contribution in [1.29, 1.82) is 0 Å². The highest BCUT2D eigenvalue weighted by Gasteiger charge is 2.15. The molecular weight excluding hydrogens is 280 g/mol. The fraction of sp³-hybridized carbons (Fsp3) is 0.278. The van der Waals surface area contributed by atoms with Gasteiger partial charge in [0.2, 0.25) is 0 Å². The van der Waals surface area contributed by atoms with Gasteiger partial charge in [0.05, 0.1) is 12.7 Å². The van der Waals surface area contributed by atoms with Crippen molar-refractivity contribution >= 4 is 5.97 Å². The molecule has 0 radical (unpaired) electrons. The second-order valence-electron chi connectivity index (χ2n) is 4.35. The van der Waals surface area contributed by atoms with Gasteiger partial charge in [-0.3, -0.25) is 0 Å². The molecule has 22 heavy (non-hydrogen) atoms. The molecule has 2 aromatic rings. The van der Waals surface area contributed by atoms with Crippen molar-refractivity contribution < 1.29 is 19.4 Å². The Morgan fingerprint density at radius 1 is 1.09 bits per heavy atom. The number of carbonyl (C=O) groups is 1. The molecule has 0 unspecified atom stereocenters. The highest BCUT2D eigenvalue weighted by atomic mass is 16.5. The second-order valence-corrected chi connectivity index (χ2v) is 4.35. The van der Waals surface area contributed by atoms with E-state index in [4.69, 9.17) is 14.6 Å². The zero-order valence-corrected chi connectivity index (χ0v) is 13.4. The van der Waals surface area contributed by atoms with Gasteiger partial charge in [0.15, 0.2) is 11.5 Å². The van der Waals surface area contributed by atoms with Gasteiger partial charge < -0.3 is 14.6 Å². The second kappa shape index (κ2) is 8.72. The van der Waals surface area contributed by atoms with E-state index in [0.717, 1.165) is 5.56 Å². The number of ether oxygens (including phenoxy) is 2. The molecule has 0 heterocycles. The van der Waals surface area contributed by atoms with Gasteiger partial charge in [-0.1, -0.05) is 44.2 Å². The molecule has 0 fully saturated rings. The SMILES string of the molecule is CC.COc1c(OCc2ccccc2)ccc(C(=O)O)c1C. The molecule has 0 atom stereocenters. The standard InChI is InChI=1S/C16H16O4.C2H6/c1-11-13(16(17)18)8-9-14(15(11)19-2)20-10-12-6-4-3-5-7-12;1-2/h3-9H,10H2,1-2H3,(H,17,18);1-2H3. The number of hydrogen-bond acceptors (Lipinski definition) is 3. The Labute approximate surface area is 131 Å². The van der Waals surface area contributed by atoms with Gasteiger partial charge in [0, 0.05) is 5.56 Å². The summed E-state index contributed by atoms with van der Waals surface area (Å²) in [4.78, 5) is 11.1. The first-order valence-electron chi connectivity index (χ1n) is 7.21. The fourth-order valence-electron chi connectivity index (χ4n) is 2.00. The maximum atomic E-state index is 11.1. The molecule has 0 aliphatic carbocycles. The fourth-order valence-corrected chi connectivity index (χ4v) is 2.00. The molecule has 118 valence electrons. The van der Waals surface area contributed by atoms with Gasteiger partial charge in [0.1, 0.15) is 6.61 Å². The summed E-state index contributed by atoms with van der Waals surface area (Å²) in [6.07, 6.45) is 0. The average Bonchev–Trinajstić information content (AvgIpc) is 2.55. The monoisotopic (exact) mass is 302 g/mol. The van der Waals surface area contributed by atoms with Crippen LogP contribution in [0.5, 0.6) is 11.5 Å². The number of hydrogen-bond donors (Lipinski definition) is 1. The summed E-state index contributed by atoms with van der Waals surface area (Å²) < 4.78 is 11.0. The van der Waals surface area contributed by atoms with Gasteiger partial charge in [-0.2, -0.15) is 0 Å². The molecule has 0 aromatic heterocycles. The van der Waals surface area contributed by atoms with Crippen LogP contribution in [0.3, 0.4) is 0 Å². The molecule has 4 nitrogen and oxygen atoms in total. The van der Waals surface area contributed by atoms with Crippen LogP contribution in [-0.4, -0.2) is 18.2 Å². The van der Waals surface area contributed by atoms with E-state index >= 15 is 0 Å². The Kier molecular flexibility index (Phi) is 6.96. The van der Waals surface area contributed by atoms with Crippen molar-refractivity contribution in [2.24, 2.45) is 0 Å². The molecule has 2 aromatic carbocycles. The van der Waals surface area contributed by atoms with Gasteiger partial charge >= 0.3 is 5.97 Å². The molecule has 0 aliphatic rings. The van der Waals surface area contributed by atoms with Gasteiger partial charge in [-0.05, 0) is 24.6 Å². The zero-order valence-electron chi connectivity index (χ0n) is 13.4. The van der Waals surface area contributed by atoms with Crippen LogP contribution >= 0.6 is 0 Å². The van der Waals surface area contributed by atoms with Crippen molar-refractivity contribution in [3.05, 3.63) is 59.2 Å². The number of methoxy groups -OCH3 is 1. The van der Waals surface area contributed by atoms with E-state index in [0.29, 0.717) is 23.7 Å². The molecule has 0 spiro atoms. The highest BCUT2D eigenvalue weighted by molar-refractivity contribution is 5.90. The van der Waals surface area contributed by atoms with Crippen molar-refractivity contribution in [3.63, 3.8) is 0 Å². The molecule has 2 rings (SSSR count). The minimum Gasteiger partial charge on any atom is -0.493 e. The van der Waals surface area contributed by atoms with Gasteiger partial charge in [0.25, 0.3) is 0 Å². The van der Waals surface area contributed by atoms with E-state index in [2.05, 4.69) is 0 Å². The van der Waals surface area contributed by atoms with Crippen molar-refractivity contribution in [2.45, 2.75) is 27.4 Å². The molecule has 0 aliphatic heterocycles. The number of carboxylic acid groups (broad SMARTS) is 1. The largest absolute Gasteiger partial charge is 0.493 e. The van der Waals surface area contributed by atoms with Crippen LogP contribution in [0.15, 0.2) is 42.5 Å². The predicted octanol–water partition coefficient (Wildman–Crippen LogP) is 4.31. The Hall–Kier alpha value is -2.49. The maximum absolute atomic E-state index is 11.1. The average molecular weight is 302 g/mol. The number of carboxylic acids is 1.